The first-order valence-electron chi connectivity index (χ1n) is 10.9. The molecule has 4 rings (SSSR count). The highest BCUT2D eigenvalue weighted by molar-refractivity contribution is 6.01. The number of fused-ring (bicyclic) bond motifs is 1. The molecule has 172 valence electrons. The van der Waals surface area contributed by atoms with Gasteiger partial charge in [0.05, 0.1) is 18.3 Å². The van der Waals surface area contributed by atoms with E-state index in [0.717, 1.165) is 12.0 Å². The van der Waals surface area contributed by atoms with Crippen LogP contribution in [0.1, 0.15) is 12.5 Å². The van der Waals surface area contributed by atoms with Gasteiger partial charge in [0.1, 0.15) is 5.75 Å². The summed E-state index contributed by atoms with van der Waals surface area (Å²) in [5, 5.41) is 6.32. The van der Waals surface area contributed by atoms with Crippen molar-refractivity contribution >= 4 is 34.3 Å². The van der Waals surface area contributed by atoms with Gasteiger partial charge >= 0.3 is 12.0 Å². The molecule has 0 atom stereocenters. The fourth-order valence-corrected chi connectivity index (χ4v) is 3.46. The third-order valence-electron chi connectivity index (χ3n) is 5.29. The molecule has 0 fully saturated rings. The lowest BCUT2D eigenvalue weighted by atomic mass is 10.1. The molecule has 0 aliphatic heterocycles. The molecule has 0 saturated heterocycles. The lowest BCUT2D eigenvalue weighted by Crippen LogP contribution is -2.19. The molecular weight excluding hydrogens is 430 g/mol. The zero-order chi connectivity index (χ0) is 23.9. The highest BCUT2D eigenvalue weighted by Crippen LogP contribution is 2.32. The smallest absolute Gasteiger partial charge is 0.343 e. The van der Waals surface area contributed by atoms with Crippen LogP contribution in [0.5, 0.6) is 5.75 Å². The van der Waals surface area contributed by atoms with Crippen LogP contribution in [0.15, 0.2) is 78.9 Å². The number of aryl methyl sites for hydroxylation is 1. The molecule has 0 bridgehead atoms. The number of aromatic nitrogens is 1. The van der Waals surface area contributed by atoms with E-state index in [2.05, 4.69) is 17.6 Å². The molecule has 2 N–H and O–H groups in total. The van der Waals surface area contributed by atoms with Crippen LogP contribution in [-0.2, 0) is 16.0 Å². The van der Waals surface area contributed by atoms with Crippen molar-refractivity contribution in [2.75, 3.05) is 24.4 Å². The Kier molecular flexibility index (Phi) is 7.03. The van der Waals surface area contributed by atoms with Gasteiger partial charge in [0.15, 0.2) is 6.61 Å². The van der Waals surface area contributed by atoms with Gasteiger partial charge in [-0.15, -0.1) is 0 Å². The van der Waals surface area contributed by atoms with E-state index in [1.165, 1.54) is 12.7 Å². The van der Waals surface area contributed by atoms with E-state index in [1.807, 2.05) is 54.6 Å². The topological polar surface area (TPSA) is 89.5 Å². The Morgan fingerprint density at radius 1 is 0.882 bits per heavy atom. The third kappa shape index (κ3) is 5.50. The zero-order valence-electron chi connectivity index (χ0n) is 19.0. The average molecular weight is 456 g/mol. The third-order valence-corrected chi connectivity index (χ3v) is 5.29. The molecule has 0 radical (unpaired) electrons. The number of methoxy groups -OCH3 is 1. The maximum absolute atomic E-state index is 12.5. The van der Waals surface area contributed by atoms with E-state index < -0.39 is 5.97 Å². The van der Waals surface area contributed by atoms with Crippen LogP contribution < -0.4 is 15.4 Å². The number of nitrogens with zero attached hydrogens (tertiary/aromatic N) is 1. The largest absolute Gasteiger partial charge is 0.481 e. The fourth-order valence-electron chi connectivity index (χ4n) is 3.46. The van der Waals surface area contributed by atoms with Crippen molar-refractivity contribution in [1.29, 1.82) is 0 Å². The molecular formula is C27H25N3O4. The summed E-state index contributed by atoms with van der Waals surface area (Å²) in [6.45, 7) is 1.84. The zero-order valence-corrected chi connectivity index (χ0v) is 19.0. The van der Waals surface area contributed by atoms with Crippen LogP contribution in [0, 0.1) is 0 Å². The summed E-state index contributed by atoms with van der Waals surface area (Å²) in [7, 11) is 1.31. The molecule has 3 aromatic carbocycles. The molecule has 1 heterocycles. The molecule has 7 heteroatoms. The number of rotatable bonds is 7. The Morgan fingerprint density at radius 2 is 1.59 bits per heavy atom. The van der Waals surface area contributed by atoms with Crippen LogP contribution in [0.3, 0.4) is 0 Å². The maximum atomic E-state index is 12.5. The van der Waals surface area contributed by atoms with E-state index in [4.69, 9.17) is 14.5 Å². The predicted molar refractivity (Wildman–Crippen MR) is 133 cm³/mol. The lowest BCUT2D eigenvalue weighted by molar-refractivity contribution is -0.142. The number of carbonyl (C=O) groups excluding carboxylic acids is 2. The number of benzene rings is 3. The minimum absolute atomic E-state index is 0.240. The predicted octanol–water partition coefficient (Wildman–Crippen LogP) is 5.66. The van der Waals surface area contributed by atoms with Crippen molar-refractivity contribution in [3.63, 3.8) is 0 Å². The standard InChI is InChI=1S/C27H25N3O4/c1-3-18-9-11-20(12-10-18)28-27(32)29-21-13-14-23-22(15-21)25(34-17-26(31)33-2)16-24(30-23)19-7-5-4-6-8-19/h4-16H,3,17H2,1-2H3,(H2,28,29,32). The summed E-state index contributed by atoms with van der Waals surface area (Å²) < 4.78 is 10.5. The molecule has 1 aromatic heterocycles. The van der Waals surface area contributed by atoms with Crippen molar-refractivity contribution in [2.45, 2.75) is 13.3 Å². The number of pyridine rings is 1. The molecule has 0 aliphatic rings. The summed E-state index contributed by atoms with van der Waals surface area (Å²) >= 11 is 0. The highest BCUT2D eigenvalue weighted by Gasteiger charge is 2.13. The number of urea groups is 1. The van der Waals surface area contributed by atoms with E-state index in [-0.39, 0.29) is 12.6 Å². The van der Waals surface area contributed by atoms with Crippen LogP contribution >= 0.6 is 0 Å². The van der Waals surface area contributed by atoms with Gasteiger partial charge in [0.25, 0.3) is 0 Å². The summed E-state index contributed by atoms with van der Waals surface area (Å²) in [5.41, 5.74) is 4.76. The number of hydrogen-bond acceptors (Lipinski definition) is 5. The lowest BCUT2D eigenvalue weighted by Gasteiger charge is -2.13. The normalized spacial score (nSPS) is 10.5. The Labute approximate surface area is 197 Å². The molecule has 0 unspecified atom stereocenters. The quantitative estimate of drug-likeness (QED) is 0.351. The summed E-state index contributed by atoms with van der Waals surface area (Å²) in [6.07, 6.45) is 0.934. The molecule has 4 aromatic rings. The maximum Gasteiger partial charge on any atom is 0.343 e. The molecule has 0 spiro atoms. The summed E-state index contributed by atoms with van der Waals surface area (Å²) in [4.78, 5) is 28.9. The number of hydrogen-bond donors (Lipinski definition) is 2. The minimum atomic E-state index is -0.492. The second kappa shape index (κ2) is 10.5. The van der Waals surface area contributed by atoms with Gasteiger partial charge in [0.2, 0.25) is 0 Å². The molecule has 7 nitrogen and oxygen atoms in total. The molecule has 0 saturated carbocycles. The Balaban J connectivity index is 1.61. The Hall–Kier alpha value is -4.39. The van der Waals surface area contributed by atoms with Crippen LogP contribution in [0.25, 0.3) is 22.2 Å². The second-order valence-electron chi connectivity index (χ2n) is 7.60. The average Bonchev–Trinajstić information content (AvgIpc) is 2.87. The van der Waals surface area contributed by atoms with Crippen molar-refractivity contribution in [3.8, 4) is 17.0 Å². The molecule has 34 heavy (non-hydrogen) atoms. The Bertz CT molecular complexity index is 1310. The fraction of sp³-hybridized carbons (Fsp3) is 0.148. The van der Waals surface area contributed by atoms with Crippen LogP contribution in [-0.4, -0.2) is 30.7 Å². The SMILES string of the molecule is CCc1ccc(NC(=O)Nc2ccc3nc(-c4ccccc4)cc(OCC(=O)OC)c3c2)cc1. The number of nitrogens with one attached hydrogen (secondary N) is 2. The summed E-state index contributed by atoms with van der Waals surface area (Å²) in [6, 6.07) is 24.1. The number of carbonyl (C=O) groups is 2. The number of anilines is 2. The van der Waals surface area contributed by atoms with E-state index in [1.54, 1.807) is 24.3 Å². The first kappa shape index (κ1) is 22.8. The first-order valence-corrected chi connectivity index (χ1v) is 10.9. The number of amides is 2. The van der Waals surface area contributed by atoms with Gasteiger partial charge in [-0.1, -0.05) is 49.4 Å². The van der Waals surface area contributed by atoms with Gasteiger partial charge < -0.3 is 20.1 Å². The van der Waals surface area contributed by atoms with Crippen molar-refractivity contribution in [1.82, 2.24) is 4.98 Å². The van der Waals surface area contributed by atoms with E-state index >= 15 is 0 Å². The van der Waals surface area contributed by atoms with Crippen LogP contribution in [0.4, 0.5) is 16.2 Å². The van der Waals surface area contributed by atoms with Gasteiger partial charge in [-0.25, -0.2) is 14.6 Å². The second-order valence-corrected chi connectivity index (χ2v) is 7.60. The first-order chi connectivity index (χ1) is 16.6. The molecule has 0 aliphatic carbocycles. The van der Waals surface area contributed by atoms with Crippen molar-refractivity contribution < 1.29 is 19.1 Å². The van der Waals surface area contributed by atoms with Gasteiger partial charge in [-0.2, -0.15) is 0 Å². The van der Waals surface area contributed by atoms with Gasteiger partial charge in [0, 0.05) is 28.4 Å². The van der Waals surface area contributed by atoms with Gasteiger partial charge in [-0.05, 0) is 42.3 Å². The van der Waals surface area contributed by atoms with Crippen molar-refractivity contribution in [2.24, 2.45) is 0 Å². The summed E-state index contributed by atoms with van der Waals surface area (Å²) in [5.74, 6) is -0.0255. The Morgan fingerprint density at radius 3 is 2.29 bits per heavy atom. The van der Waals surface area contributed by atoms with Crippen LogP contribution in [0.2, 0.25) is 0 Å². The molecule has 2 amide bonds. The minimum Gasteiger partial charge on any atom is -0.481 e. The van der Waals surface area contributed by atoms with E-state index in [9.17, 15) is 9.59 Å². The van der Waals surface area contributed by atoms with E-state index in [0.29, 0.717) is 33.7 Å². The van der Waals surface area contributed by atoms with Crippen molar-refractivity contribution in [3.05, 3.63) is 84.4 Å². The number of esters is 1. The number of ether oxygens (including phenoxy) is 2. The highest BCUT2D eigenvalue weighted by atomic mass is 16.6. The monoisotopic (exact) mass is 455 g/mol. The van der Waals surface area contributed by atoms with Gasteiger partial charge in [-0.3, -0.25) is 0 Å².